The average molecular weight is 297 g/mol. The minimum Gasteiger partial charge on any atom is -0.494 e. The summed E-state index contributed by atoms with van der Waals surface area (Å²) >= 11 is 5.95. The van der Waals surface area contributed by atoms with Crippen LogP contribution in [0, 0.1) is 5.82 Å². The van der Waals surface area contributed by atoms with Gasteiger partial charge >= 0.3 is 5.97 Å². The standard InChI is InChI=1S/C13H10ClFN2O3/c1-20-11-5-8(15)2-3-10(11)17-12-9(14)4-7(6-16-12)13(18)19/h2-6H,1H3,(H,16,17)(H,18,19). The monoisotopic (exact) mass is 296 g/mol. The lowest BCUT2D eigenvalue weighted by atomic mass is 10.2. The first-order chi connectivity index (χ1) is 9.51. The third-order valence-corrected chi connectivity index (χ3v) is 2.79. The number of nitrogens with one attached hydrogen (secondary N) is 1. The Morgan fingerprint density at radius 2 is 2.20 bits per heavy atom. The molecule has 7 heteroatoms. The number of aromatic nitrogens is 1. The first-order valence-corrected chi connectivity index (χ1v) is 5.88. The number of hydrogen-bond donors (Lipinski definition) is 2. The van der Waals surface area contributed by atoms with Crippen LogP contribution < -0.4 is 10.1 Å². The highest BCUT2D eigenvalue weighted by Gasteiger charge is 2.11. The molecule has 0 atom stereocenters. The molecule has 0 aliphatic heterocycles. The normalized spacial score (nSPS) is 10.2. The molecule has 0 aliphatic rings. The van der Waals surface area contributed by atoms with Crippen LogP contribution in [0.15, 0.2) is 30.5 Å². The summed E-state index contributed by atoms with van der Waals surface area (Å²) in [6.45, 7) is 0. The summed E-state index contributed by atoms with van der Waals surface area (Å²) in [7, 11) is 1.41. The fourth-order valence-corrected chi connectivity index (χ4v) is 1.76. The van der Waals surface area contributed by atoms with Crippen LogP contribution in [0.1, 0.15) is 10.4 Å². The van der Waals surface area contributed by atoms with Crippen molar-refractivity contribution in [2.75, 3.05) is 12.4 Å². The van der Waals surface area contributed by atoms with Crippen molar-refractivity contribution >= 4 is 29.1 Å². The first-order valence-electron chi connectivity index (χ1n) is 5.50. The van der Waals surface area contributed by atoms with Gasteiger partial charge in [0, 0.05) is 12.3 Å². The Morgan fingerprint density at radius 3 is 2.80 bits per heavy atom. The fourth-order valence-electron chi connectivity index (χ4n) is 1.54. The summed E-state index contributed by atoms with van der Waals surface area (Å²) in [5.74, 6) is -1.02. The molecule has 0 aliphatic carbocycles. The molecular formula is C13H10ClFN2O3. The van der Waals surface area contributed by atoms with Gasteiger partial charge in [-0.1, -0.05) is 11.6 Å². The number of benzene rings is 1. The zero-order chi connectivity index (χ0) is 14.7. The number of methoxy groups -OCH3 is 1. The summed E-state index contributed by atoms with van der Waals surface area (Å²) < 4.78 is 18.1. The van der Waals surface area contributed by atoms with Crippen LogP contribution in [0.2, 0.25) is 5.02 Å². The second-order valence-electron chi connectivity index (χ2n) is 3.83. The SMILES string of the molecule is COc1cc(F)ccc1Nc1ncc(C(=O)O)cc1Cl. The van der Waals surface area contributed by atoms with Crippen molar-refractivity contribution in [3.05, 3.63) is 46.9 Å². The number of nitrogens with zero attached hydrogens (tertiary/aromatic N) is 1. The van der Waals surface area contributed by atoms with E-state index in [1.54, 1.807) is 0 Å². The van der Waals surface area contributed by atoms with Gasteiger partial charge in [-0.15, -0.1) is 0 Å². The van der Waals surface area contributed by atoms with Crippen molar-refractivity contribution in [3.8, 4) is 5.75 Å². The number of aromatic carboxylic acids is 1. The van der Waals surface area contributed by atoms with Gasteiger partial charge in [0.2, 0.25) is 0 Å². The van der Waals surface area contributed by atoms with Crippen LogP contribution >= 0.6 is 11.6 Å². The van der Waals surface area contributed by atoms with Gasteiger partial charge in [0.05, 0.1) is 23.4 Å². The molecule has 0 bridgehead atoms. The Balaban J connectivity index is 2.33. The van der Waals surface area contributed by atoms with Crippen LogP contribution in [0.25, 0.3) is 0 Å². The zero-order valence-electron chi connectivity index (χ0n) is 10.4. The van der Waals surface area contributed by atoms with Crippen LogP contribution in [-0.2, 0) is 0 Å². The summed E-state index contributed by atoms with van der Waals surface area (Å²) in [6.07, 6.45) is 1.17. The van der Waals surface area contributed by atoms with E-state index < -0.39 is 11.8 Å². The van der Waals surface area contributed by atoms with E-state index in [0.29, 0.717) is 5.69 Å². The van der Waals surface area contributed by atoms with E-state index in [-0.39, 0.29) is 22.2 Å². The van der Waals surface area contributed by atoms with Crippen LogP contribution in [0.5, 0.6) is 5.75 Å². The summed E-state index contributed by atoms with van der Waals surface area (Å²) in [4.78, 5) is 14.7. The van der Waals surface area contributed by atoms with Gasteiger partial charge in [-0.25, -0.2) is 14.2 Å². The highest BCUT2D eigenvalue weighted by atomic mass is 35.5. The van der Waals surface area contributed by atoms with Crippen LogP contribution in [0.4, 0.5) is 15.9 Å². The second-order valence-corrected chi connectivity index (χ2v) is 4.24. The molecule has 2 rings (SSSR count). The Bertz CT molecular complexity index is 664. The molecule has 1 aromatic heterocycles. The number of hydrogen-bond acceptors (Lipinski definition) is 4. The molecule has 20 heavy (non-hydrogen) atoms. The maximum atomic E-state index is 13.1. The number of rotatable bonds is 4. The number of pyridine rings is 1. The van der Waals surface area contributed by atoms with E-state index in [4.69, 9.17) is 21.4 Å². The first kappa shape index (κ1) is 14.1. The van der Waals surface area contributed by atoms with Crippen molar-refractivity contribution in [3.63, 3.8) is 0 Å². The average Bonchev–Trinajstić information content (AvgIpc) is 2.42. The molecule has 104 valence electrons. The van der Waals surface area contributed by atoms with E-state index in [2.05, 4.69) is 10.3 Å². The molecule has 5 nitrogen and oxygen atoms in total. The zero-order valence-corrected chi connectivity index (χ0v) is 11.1. The van der Waals surface area contributed by atoms with Gasteiger partial charge in [-0.05, 0) is 18.2 Å². The largest absolute Gasteiger partial charge is 0.494 e. The molecule has 0 radical (unpaired) electrons. The third-order valence-electron chi connectivity index (χ3n) is 2.50. The number of halogens is 2. The molecule has 1 aromatic carbocycles. The molecular weight excluding hydrogens is 287 g/mol. The van der Waals surface area contributed by atoms with E-state index in [0.717, 1.165) is 0 Å². The molecule has 0 saturated carbocycles. The van der Waals surface area contributed by atoms with E-state index >= 15 is 0 Å². The summed E-state index contributed by atoms with van der Waals surface area (Å²) in [6, 6.07) is 5.21. The van der Waals surface area contributed by atoms with E-state index in [1.165, 1.54) is 37.6 Å². The molecule has 2 N–H and O–H groups in total. The Labute approximate surface area is 119 Å². The Morgan fingerprint density at radius 1 is 1.45 bits per heavy atom. The molecule has 0 amide bonds. The third kappa shape index (κ3) is 2.97. The lowest BCUT2D eigenvalue weighted by molar-refractivity contribution is 0.0696. The molecule has 0 unspecified atom stereocenters. The molecule has 2 aromatic rings. The van der Waals surface area contributed by atoms with Gasteiger partial charge in [0.15, 0.2) is 0 Å². The predicted molar refractivity (Wildman–Crippen MR) is 72.4 cm³/mol. The lowest BCUT2D eigenvalue weighted by Gasteiger charge is -2.11. The van der Waals surface area contributed by atoms with Crippen molar-refractivity contribution in [2.45, 2.75) is 0 Å². The van der Waals surface area contributed by atoms with E-state index in [1.807, 2.05) is 0 Å². The second kappa shape index (κ2) is 5.75. The smallest absolute Gasteiger partial charge is 0.337 e. The summed E-state index contributed by atoms with van der Waals surface area (Å²) in [5, 5.41) is 11.8. The fraction of sp³-hybridized carbons (Fsp3) is 0.0769. The maximum absolute atomic E-state index is 13.1. The lowest BCUT2D eigenvalue weighted by Crippen LogP contribution is -2.01. The molecule has 1 heterocycles. The highest BCUT2D eigenvalue weighted by Crippen LogP contribution is 2.30. The van der Waals surface area contributed by atoms with Gasteiger partial charge in [0.1, 0.15) is 17.4 Å². The Hall–Kier alpha value is -2.34. The van der Waals surface area contributed by atoms with Crippen LogP contribution in [-0.4, -0.2) is 23.2 Å². The highest BCUT2D eigenvalue weighted by molar-refractivity contribution is 6.33. The quantitative estimate of drug-likeness (QED) is 0.905. The molecule has 0 spiro atoms. The number of ether oxygens (including phenoxy) is 1. The van der Waals surface area contributed by atoms with Crippen molar-refractivity contribution in [1.29, 1.82) is 0 Å². The predicted octanol–water partition coefficient (Wildman–Crippen LogP) is 3.32. The van der Waals surface area contributed by atoms with Crippen molar-refractivity contribution < 1.29 is 19.0 Å². The minimum atomic E-state index is -1.12. The van der Waals surface area contributed by atoms with Gasteiger partial charge in [0.25, 0.3) is 0 Å². The number of carboxylic acids is 1. The number of carbonyl (C=O) groups is 1. The van der Waals surface area contributed by atoms with Crippen molar-refractivity contribution in [2.24, 2.45) is 0 Å². The summed E-state index contributed by atoms with van der Waals surface area (Å²) in [5.41, 5.74) is 0.443. The van der Waals surface area contributed by atoms with Gasteiger partial charge in [-0.2, -0.15) is 0 Å². The number of carboxylic acid groups (broad SMARTS) is 1. The molecule has 0 saturated heterocycles. The maximum Gasteiger partial charge on any atom is 0.337 e. The minimum absolute atomic E-state index is 0.0216. The van der Waals surface area contributed by atoms with Crippen molar-refractivity contribution in [1.82, 2.24) is 4.98 Å². The molecule has 0 fully saturated rings. The number of anilines is 2. The van der Waals surface area contributed by atoms with Gasteiger partial charge in [-0.3, -0.25) is 0 Å². The van der Waals surface area contributed by atoms with Crippen LogP contribution in [0.3, 0.4) is 0 Å². The topological polar surface area (TPSA) is 71.5 Å². The van der Waals surface area contributed by atoms with E-state index in [9.17, 15) is 9.18 Å². The van der Waals surface area contributed by atoms with Gasteiger partial charge < -0.3 is 15.2 Å². The Kier molecular flexibility index (Phi) is 4.05.